The molecule has 1 aromatic carbocycles. The van der Waals surface area contributed by atoms with Crippen molar-refractivity contribution in [2.24, 2.45) is 11.8 Å². The van der Waals surface area contributed by atoms with Crippen LogP contribution in [0, 0.1) is 11.8 Å². The standard InChI is InChI=1S/C19H24N4O2/c1-12(2)13-3-5-16(6-4-13)23-11-17(24)18(21-23)19(25)22-9-14-7-20-8-15(14)10-22/h3-6,11-12,14-15,20,24H,7-10H2,1-2H3/t14-,15+. The normalized spacial score (nSPS) is 22.6. The Kier molecular flexibility index (Phi) is 4.00. The molecule has 2 fully saturated rings. The number of amides is 1. The lowest BCUT2D eigenvalue weighted by atomic mass is 10.0. The number of nitrogens with zero attached hydrogens (tertiary/aromatic N) is 3. The molecule has 2 aromatic rings. The van der Waals surface area contributed by atoms with Crippen molar-refractivity contribution < 1.29 is 9.90 Å². The third-order valence-corrected chi connectivity index (χ3v) is 5.40. The van der Waals surface area contributed by atoms with E-state index in [2.05, 4.69) is 36.4 Å². The molecule has 3 heterocycles. The Morgan fingerprint density at radius 2 is 1.84 bits per heavy atom. The number of hydrogen-bond acceptors (Lipinski definition) is 4. The van der Waals surface area contributed by atoms with Crippen molar-refractivity contribution >= 4 is 5.91 Å². The summed E-state index contributed by atoms with van der Waals surface area (Å²) in [5.41, 5.74) is 2.22. The Labute approximate surface area is 147 Å². The molecular weight excluding hydrogens is 316 g/mol. The molecule has 132 valence electrons. The molecule has 0 radical (unpaired) electrons. The molecule has 2 aliphatic heterocycles. The zero-order valence-electron chi connectivity index (χ0n) is 14.6. The number of rotatable bonds is 3. The summed E-state index contributed by atoms with van der Waals surface area (Å²) in [5, 5.41) is 17.9. The van der Waals surface area contributed by atoms with Crippen molar-refractivity contribution in [1.29, 1.82) is 0 Å². The summed E-state index contributed by atoms with van der Waals surface area (Å²) in [6.07, 6.45) is 1.51. The van der Waals surface area contributed by atoms with E-state index in [9.17, 15) is 9.90 Å². The van der Waals surface area contributed by atoms with Gasteiger partial charge in [0.15, 0.2) is 11.4 Å². The molecule has 0 aliphatic carbocycles. The molecule has 2 saturated heterocycles. The topological polar surface area (TPSA) is 70.4 Å². The van der Waals surface area contributed by atoms with Crippen molar-refractivity contribution in [3.63, 3.8) is 0 Å². The summed E-state index contributed by atoms with van der Waals surface area (Å²) in [6, 6.07) is 8.02. The summed E-state index contributed by atoms with van der Waals surface area (Å²) in [5.74, 6) is 1.27. The number of aromatic hydroxyl groups is 1. The van der Waals surface area contributed by atoms with E-state index in [0.29, 0.717) is 17.8 Å². The Hall–Kier alpha value is -2.34. The van der Waals surface area contributed by atoms with Gasteiger partial charge in [0.05, 0.1) is 11.9 Å². The van der Waals surface area contributed by atoms with Gasteiger partial charge in [-0.2, -0.15) is 5.10 Å². The second-order valence-corrected chi connectivity index (χ2v) is 7.44. The number of fused-ring (bicyclic) bond motifs is 1. The number of likely N-dealkylation sites (tertiary alicyclic amines) is 1. The smallest absolute Gasteiger partial charge is 0.278 e. The van der Waals surface area contributed by atoms with E-state index in [1.165, 1.54) is 11.8 Å². The van der Waals surface area contributed by atoms with E-state index in [4.69, 9.17) is 0 Å². The molecule has 1 aromatic heterocycles. The minimum atomic E-state index is -0.176. The van der Waals surface area contributed by atoms with Crippen molar-refractivity contribution in [3.05, 3.63) is 41.7 Å². The van der Waals surface area contributed by atoms with Crippen LogP contribution in [0.2, 0.25) is 0 Å². The fraction of sp³-hybridized carbons (Fsp3) is 0.474. The van der Waals surface area contributed by atoms with Gasteiger partial charge in [0.2, 0.25) is 0 Å². The number of nitrogens with one attached hydrogen (secondary N) is 1. The largest absolute Gasteiger partial charge is 0.504 e. The van der Waals surface area contributed by atoms with Gasteiger partial charge in [-0.3, -0.25) is 4.79 Å². The van der Waals surface area contributed by atoms with Crippen LogP contribution in [0.3, 0.4) is 0 Å². The van der Waals surface area contributed by atoms with Crippen LogP contribution in [0.4, 0.5) is 0 Å². The molecule has 0 saturated carbocycles. The van der Waals surface area contributed by atoms with Gasteiger partial charge in [-0.1, -0.05) is 26.0 Å². The monoisotopic (exact) mass is 340 g/mol. The predicted octanol–water partition coefficient (Wildman–Crippen LogP) is 1.99. The average Bonchev–Trinajstić information content (AvgIpc) is 3.28. The highest BCUT2D eigenvalue weighted by Gasteiger charge is 2.39. The molecule has 2 atom stereocenters. The summed E-state index contributed by atoms with van der Waals surface area (Å²) in [7, 11) is 0. The van der Waals surface area contributed by atoms with Crippen molar-refractivity contribution in [1.82, 2.24) is 20.0 Å². The number of hydrogen-bond donors (Lipinski definition) is 2. The predicted molar refractivity (Wildman–Crippen MR) is 95.1 cm³/mol. The first-order valence-corrected chi connectivity index (χ1v) is 8.92. The van der Waals surface area contributed by atoms with Crippen molar-refractivity contribution in [2.75, 3.05) is 26.2 Å². The molecule has 6 nitrogen and oxygen atoms in total. The maximum atomic E-state index is 12.8. The molecule has 0 unspecified atom stereocenters. The molecule has 0 spiro atoms. The van der Waals surface area contributed by atoms with Crippen LogP contribution in [0.1, 0.15) is 35.8 Å². The lowest BCUT2D eigenvalue weighted by Gasteiger charge is -2.16. The van der Waals surface area contributed by atoms with E-state index >= 15 is 0 Å². The first-order valence-electron chi connectivity index (χ1n) is 8.92. The Morgan fingerprint density at radius 1 is 1.20 bits per heavy atom. The molecule has 4 rings (SSSR count). The van der Waals surface area contributed by atoms with Crippen LogP contribution in [-0.2, 0) is 0 Å². The van der Waals surface area contributed by atoms with Gasteiger partial charge in [-0.05, 0) is 35.4 Å². The fourth-order valence-corrected chi connectivity index (χ4v) is 3.83. The van der Waals surface area contributed by atoms with Crippen LogP contribution >= 0.6 is 0 Å². The van der Waals surface area contributed by atoms with Crippen LogP contribution in [0.5, 0.6) is 5.75 Å². The van der Waals surface area contributed by atoms with Crippen molar-refractivity contribution in [3.8, 4) is 11.4 Å². The van der Waals surface area contributed by atoms with Gasteiger partial charge in [0.1, 0.15) is 0 Å². The first-order chi connectivity index (χ1) is 12.0. The maximum Gasteiger partial charge on any atom is 0.278 e. The zero-order chi connectivity index (χ0) is 17.6. The number of aromatic nitrogens is 2. The summed E-state index contributed by atoms with van der Waals surface area (Å²) in [4.78, 5) is 14.6. The SMILES string of the molecule is CC(C)c1ccc(-n2cc(O)c(C(=O)N3C[C@H]4CNC[C@H]4C3)n2)cc1. The summed E-state index contributed by atoms with van der Waals surface area (Å²) in [6.45, 7) is 7.71. The van der Waals surface area contributed by atoms with E-state index in [0.717, 1.165) is 31.9 Å². The van der Waals surface area contributed by atoms with Crippen LogP contribution < -0.4 is 5.32 Å². The second-order valence-electron chi connectivity index (χ2n) is 7.44. The Balaban J connectivity index is 1.55. The number of carbonyl (C=O) groups is 1. The minimum absolute atomic E-state index is 0.0619. The highest BCUT2D eigenvalue weighted by Crippen LogP contribution is 2.29. The summed E-state index contributed by atoms with van der Waals surface area (Å²) >= 11 is 0. The van der Waals surface area contributed by atoms with Crippen LogP contribution in [0.25, 0.3) is 5.69 Å². The van der Waals surface area contributed by atoms with E-state index in [1.807, 2.05) is 17.0 Å². The minimum Gasteiger partial charge on any atom is -0.504 e. The molecule has 2 aliphatic rings. The van der Waals surface area contributed by atoms with Crippen molar-refractivity contribution in [2.45, 2.75) is 19.8 Å². The molecular formula is C19H24N4O2. The third kappa shape index (κ3) is 2.91. The molecule has 1 amide bonds. The highest BCUT2D eigenvalue weighted by atomic mass is 16.3. The molecule has 6 heteroatoms. The second kappa shape index (κ2) is 6.19. The zero-order valence-corrected chi connectivity index (χ0v) is 14.6. The lowest BCUT2D eigenvalue weighted by molar-refractivity contribution is 0.0772. The molecule has 25 heavy (non-hydrogen) atoms. The Morgan fingerprint density at radius 3 is 2.44 bits per heavy atom. The third-order valence-electron chi connectivity index (χ3n) is 5.40. The van der Waals surface area contributed by atoms with Gasteiger partial charge in [-0.25, -0.2) is 4.68 Å². The molecule has 2 N–H and O–H groups in total. The maximum absolute atomic E-state index is 12.8. The van der Waals surface area contributed by atoms with Gasteiger partial charge in [0.25, 0.3) is 5.91 Å². The van der Waals surface area contributed by atoms with E-state index in [1.54, 1.807) is 4.68 Å². The van der Waals surface area contributed by atoms with Gasteiger partial charge in [0, 0.05) is 26.2 Å². The summed E-state index contributed by atoms with van der Waals surface area (Å²) < 4.78 is 1.57. The van der Waals surface area contributed by atoms with Gasteiger partial charge < -0.3 is 15.3 Å². The van der Waals surface area contributed by atoms with Crippen LogP contribution in [0.15, 0.2) is 30.5 Å². The first kappa shape index (κ1) is 16.1. The quantitative estimate of drug-likeness (QED) is 0.896. The van der Waals surface area contributed by atoms with E-state index in [-0.39, 0.29) is 17.4 Å². The van der Waals surface area contributed by atoms with E-state index < -0.39 is 0 Å². The van der Waals surface area contributed by atoms with Gasteiger partial charge in [-0.15, -0.1) is 0 Å². The number of benzene rings is 1. The average molecular weight is 340 g/mol. The molecule has 0 bridgehead atoms. The van der Waals surface area contributed by atoms with Gasteiger partial charge >= 0.3 is 0 Å². The van der Waals surface area contributed by atoms with Crippen LogP contribution in [-0.4, -0.2) is 51.9 Å². The number of carbonyl (C=O) groups excluding carboxylic acids is 1. The fourth-order valence-electron chi connectivity index (χ4n) is 3.83. The highest BCUT2D eigenvalue weighted by molar-refractivity contribution is 5.95. The lowest BCUT2D eigenvalue weighted by Crippen LogP contribution is -2.32. The Bertz CT molecular complexity index is 769.